The van der Waals surface area contributed by atoms with E-state index in [9.17, 15) is 19.5 Å². The Morgan fingerprint density at radius 3 is 2.58 bits per heavy atom. The number of carbonyl (C=O) groups excluding carboxylic acids is 2. The van der Waals surface area contributed by atoms with E-state index >= 15 is 0 Å². The van der Waals surface area contributed by atoms with E-state index in [0.29, 0.717) is 6.54 Å². The molecule has 1 aliphatic rings. The number of aliphatic hydroxyl groups excluding tert-OH is 1. The number of nitrogens with zero attached hydrogens (tertiary/aromatic N) is 1. The fraction of sp³-hybridized carbons (Fsp3) is 0.727. The Kier molecular flexibility index (Phi) is 5.11. The number of hydrogen-bond acceptors (Lipinski definition) is 4. The molecule has 0 spiro atoms. The SMILES string of the molecule is CC1CCN(C(=O)NC(CC(N)=O)C(=O)O)C1CO. The second-order valence-corrected chi connectivity index (χ2v) is 4.72. The first-order chi connectivity index (χ1) is 8.86. The maximum absolute atomic E-state index is 11.9. The summed E-state index contributed by atoms with van der Waals surface area (Å²) in [5, 5.41) is 20.4. The van der Waals surface area contributed by atoms with Crippen molar-refractivity contribution in [2.75, 3.05) is 13.2 Å². The number of primary amides is 1. The number of urea groups is 1. The van der Waals surface area contributed by atoms with Crippen LogP contribution in [-0.4, -0.2) is 58.3 Å². The number of nitrogens with one attached hydrogen (secondary N) is 1. The molecule has 0 radical (unpaired) electrons. The molecule has 0 aliphatic carbocycles. The van der Waals surface area contributed by atoms with Crippen molar-refractivity contribution in [3.05, 3.63) is 0 Å². The van der Waals surface area contributed by atoms with E-state index in [4.69, 9.17) is 10.8 Å². The van der Waals surface area contributed by atoms with Crippen LogP contribution in [0, 0.1) is 5.92 Å². The number of likely N-dealkylation sites (tertiary alicyclic amines) is 1. The van der Waals surface area contributed by atoms with Crippen molar-refractivity contribution in [3.8, 4) is 0 Å². The molecular weight excluding hydrogens is 254 g/mol. The monoisotopic (exact) mass is 273 g/mol. The molecule has 108 valence electrons. The minimum absolute atomic E-state index is 0.148. The first-order valence-corrected chi connectivity index (χ1v) is 6.06. The highest BCUT2D eigenvalue weighted by Gasteiger charge is 2.35. The molecule has 3 atom stereocenters. The van der Waals surface area contributed by atoms with Crippen LogP contribution >= 0.6 is 0 Å². The van der Waals surface area contributed by atoms with Gasteiger partial charge in [-0.2, -0.15) is 0 Å². The van der Waals surface area contributed by atoms with Crippen molar-refractivity contribution in [3.63, 3.8) is 0 Å². The lowest BCUT2D eigenvalue weighted by atomic mass is 10.0. The highest BCUT2D eigenvalue weighted by molar-refractivity contribution is 5.87. The van der Waals surface area contributed by atoms with Gasteiger partial charge in [-0.05, 0) is 12.3 Å². The van der Waals surface area contributed by atoms with Crippen LogP contribution in [-0.2, 0) is 9.59 Å². The molecule has 3 unspecified atom stereocenters. The number of carbonyl (C=O) groups is 3. The van der Waals surface area contributed by atoms with Crippen LogP contribution in [0.1, 0.15) is 19.8 Å². The predicted molar refractivity (Wildman–Crippen MR) is 65.1 cm³/mol. The van der Waals surface area contributed by atoms with Gasteiger partial charge in [0.15, 0.2) is 0 Å². The summed E-state index contributed by atoms with van der Waals surface area (Å²) in [5.74, 6) is -1.98. The first kappa shape index (κ1) is 15.2. The van der Waals surface area contributed by atoms with Crippen molar-refractivity contribution in [2.24, 2.45) is 11.7 Å². The molecule has 0 aromatic carbocycles. The Morgan fingerprint density at radius 1 is 1.47 bits per heavy atom. The highest BCUT2D eigenvalue weighted by atomic mass is 16.4. The van der Waals surface area contributed by atoms with E-state index in [1.165, 1.54) is 4.90 Å². The minimum Gasteiger partial charge on any atom is -0.480 e. The Balaban J connectivity index is 2.66. The van der Waals surface area contributed by atoms with Gasteiger partial charge in [-0.1, -0.05) is 6.92 Å². The fourth-order valence-electron chi connectivity index (χ4n) is 2.17. The van der Waals surface area contributed by atoms with E-state index in [2.05, 4.69) is 5.32 Å². The number of amides is 3. The molecule has 1 saturated heterocycles. The van der Waals surface area contributed by atoms with Crippen molar-refractivity contribution in [2.45, 2.75) is 31.8 Å². The standard InChI is InChI=1S/C11H19N3O5/c1-6-2-3-14(8(6)5-15)11(19)13-7(10(17)18)4-9(12)16/h6-8,15H,2-5H2,1H3,(H2,12,16)(H,13,19)(H,17,18). The lowest BCUT2D eigenvalue weighted by molar-refractivity contribution is -0.141. The molecule has 1 aliphatic heterocycles. The Hall–Kier alpha value is -1.83. The maximum atomic E-state index is 11.9. The summed E-state index contributed by atoms with van der Waals surface area (Å²) < 4.78 is 0. The van der Waals surface area contributed by atoms with Crippen LogP contribution in [0.15, 0.2) is 0 Å². The Morgan fingerprint density at radius 2 is 2.11 bits per heavy atom. The van der Waals surface area contributed by atoms with Crippen LogP contribution in [0.2, 0.25) is 0 Å². The lowest BCUT2D eigenvalue weighted by Crippen LogP contribution is -2.51. The summed E-state index contributed by atoms with van der Waals surface area (Å²) >= 11 is 0. The van der Waals surface area contributed by atoms with Gasteiger partial charge < -0.3 is 26.2 Å². The number of hydrogen-bond donors (Lipinski definition) is 4. The predicted octanol–water partition coefficient (Wildman–Crippen LogP) is -1.27. The van der Waals surface area contributed by atoms with Crippen LogP contribution in [0.25, 0.3) is 0 Å². The van der Waals surface area contributed by atoms with Gasteiger partial charge in [0, 0.05) is 6.54 Å². The molecule has 0 bridgehead atoms. The van der Waals surface area contributed by atoms with Crippen molar-refractivity contribution in [1.29, 1.82) is 0 Å². The first-order valence-electron chi connectivity index (χ1n) is 6.06. The van der Waals surface area contributed by atoms with Gasteiger partial charge in [-0.3, -0.25) is 4.79 Å². The van der Waals surface area contributed by atoms with Gasteiger partial charge in [-0.25, -0.2) is 9.59 Å². The zero-order valence-corrected chi connectivity index (χ0v) is 10.7. The average molecular weight is 273 g/mol. The highest BCUT2D eigenvalue weighted by Crippen LogP contribution is 2.23. The third-order valence-corrected chi connectivity index (χ3v) is 3.33. The summed E-state index contributed by atoms with van der Waals surface area (Å²) in [6.45, 7) is 2.18. The average Bonchev–Trinajstić information content (AvgIpc) is 2.68. The number of carboxylic acids is 1. The number of carboxylic acid groups (broad SMARTS) is 1. The fourth-order valence-corrected chi connectivity index (χ4v) is 2.17. The molecule has 8 nitrogen and oxygen atoms in total. The van der Waals surface area contributed by atoms with Gasteiger partial charge >= 0.3 is 12.0 Å². The number of aliphatic hydroxyl groups is 1. The summed E-state index contributed by atoms with van der Waals surface area (Å²) in [6, 6.07) is -2.28. The van der Waals surface area contributed by atoms with E-state index in [0.717, 1.165) is 6.42 Å². The van der Waals surface area contributed by atoms with Crippen LogP contribution in [0.5, 0.6) is 0 Å². The summed E-state index contributed by atoms with van der Waals surface area (Å²) in [7, 11) is 0. The minimum atomic E-state index is -1.35. The quantitative estimate of drug-likeness (QED) is 0.495. The van der Waals surface area contributed by atoms with Gasteiger partial charge in [0.1, 0.15) is 6.04 Å². The molecule has 1 heterocycles. The zero-order valence-electron chi connectivity index (χ0n) is 10.7. The molecule has 0 aromatic rings. The largest absolute Gasteiger partial charge is 0.480 e. The Labute approximate surface area is 110 Å². The van der Waals surface area contributed by atoms with E-state index in [1.54, 1.807) is 0 Å². The van der Waals surface area contributed by atoms with E-state index < -0.39 is 30.4 Å². The third kappa shape index (κ3) is 3.82. The van der Waals surface area contributed by atoms with E-state index in [-0.39, 0.29) is 18.6 Å². The smallest absolute Gasteiger partial charge is 0.326 e. The van der Waals surface area contributed by atoms with Gasteiger partial charge in [0.2, 0.25) is 5.91 Å². The number of nitrogens with two attached hydrogens (primary N) is 1. The molecule has 8 heteroatoms. The molecule has 5 N–H and O–H groups in total. The normalized spacial score (nSPS) is 24.0. The Bertz CT molecular complexity index is 373. The molecule has 3 amide bonds. The topological polar surface area (TPSA) is 133 Å². The zero-order chi connectivity index (χ0) is 14.6. The van der Waals surface area contributed by atoms with Crippen LogP contribution in [0.4, 0.5) is 4.79 Å². The van der Waals surface area contributed by atoms with Crippen molar-refractivity contribution >= 4 is 17.9 Å². The molecular formula is C11H19N3O5. The second kappa shape index (κ2) is 6.37. The van der Waals surface area contributed by atoms with Crippen molar-refractivity contribution < 1.29 is 24.6 Å². The summed E-state index contributed by atoms with van der Waals surface area (Å²) in [6.07, 6.45) is 0.278. The summed E-state index contributed by atoms with van der Waals surface area (Å²) in [4.78, 5) is 35.0. The third-order valence-electron chi connectivity index (χ3n) is 3.33. The maximum Gasteiger partial charge on any atom is 0.326 e. The second-order valence-electron chi connectivity index (χ2n) is 4.72. The van der Waals surface area contributed by atoms with Crippen LogP contribution in [0.3, 0.4) is 0 Å². The van der Waals surface area contributed by atoms with Crippen LogP contribution < -0.4 is 11.1 Å². The van der Waals surface area contributed by atoms with Gasteiger partial charge in [-0.15, -0.1) is 0 Å². The molecule has 1 rings (SSSR count). The summed E-state index contributed by atoms with van der Waals surface area (Å²) in [5.41, 5.74) is 4.93. The molecule has 1 fully saturated rings. The van der Waals surface area contributed by atoms with Gasteiger partial charge in [0.25, 0.3) is 0 Å². The number of aliphatic carboxylic acids is 1. The number of rotatable bonds is 5. The molecule has 0 aromatic heterocycles. The van der Waals surface area contributed by atoms with E-state index in [1.807, 2.05) is 6.92 Å². The lowest BCUT2D eigenvalue weighted by Gasteiger charge is -2.26. The molecule has 19 heavy (non-hydrogen) atoms. The van der Waals surface area contributed by atoms with Gasteiger partial charge in [0.05, 0.1) is 19.1 Å². The van der Waals surface area contributed by atoms with Crippen molar-refractivity contribution in [1.82, 2.24) is 10.2 Å². The molecule has 0 saturated carbocycles.